The molecule has 0 aromatic carbocycles. The van der Waals surface area contributed by atoms with Gasteiger partial charge in [-0.3, -0.25) is 0 Å². The number of aliphatic carboxylic acids is 2. The van der Waals surface area contributed by atoms with E-state index in [4.69, 9.17) is 10.2 Å². The zero-order valence-electron chi connectivity index (χ0n) is 10.5. The number of hydrogen-bond donors (Lipinski definition) is 2. The first kappa shape index (κ1) is 14.7. The Morgan fingerprint density at radius 2 is 1.50 bits per heavy atom. The Labute approximate surface area is 96.0 Å². The molecule has 4 heteroatoms. The third-order valence-corrected chi connectivity index (χ3v) is 2.89. The van der Waals surface area contributed by atoms with Gasteiger partial charge in [0.2, 0.25) is 0 Å². The highest BCUT2D eigenvalue weighted by atomic mass is 16.4. The van der Waals surface area contributed by atoms with Crippen LogP contribution in [0.25, 0.3) is 0 Å². The van der Waals surface area contributed by atoms with Crippen LogP contribution in [0.2, 0.25) is 0 Å². The summed E-state index contributed by atoms with van der Waals surface area (Å²) in [6, 6.07) is 0. The molecular weight excluding hydrogens is 208 g/mol. The van der Waals surface area contributed by atoms with Gasteiger partial charge in [0.05, 0.1) is 0 Å². The van der Waals surface area contributed by atoms with Crippen molar-refractivity contribution >= 4 is 11.9 Å². The van der Waals surface area contributed by atoms with E-state index in [2.05, 4.69) is 0 Å². The molecule has 0 unspecified atom stereocenters. The molecule has 0 heterocycles. The van der Waals surface area contributed by atoms with Gasteiger partial charge in [-0.2, -0.15) is 0 Å². The van der Waals surface area contributed by atoms with E-state index in [9.17, 15) is 9.59 Å². The summed E-state index contributed by atoms with van der Waals surface area (Å²) < 4.78 is 0. The number of carboxylic acids is 2. The lowest BCUT2D eigenvalue weighted by Gasteiger charge is -2.30. The van der Waals surface area contributed by atoms with Gasteiger partial charge in [0.15, 0.2) is 0 Å². The van der Waals surface area contributed by atoms with Crippen LogP contribution in [0.4, 0.5) is 0 Å². The average molecular weight is 228 g/mol. The number of hydrogen-bond acceptors (Lipinski definition) is 2. The lowest BCUT2D eigenvalue weighted by Crippen LogP contribution is -2.26. The molecule has 0 fully saturated rings. The first-order chi connectivity index (χ1) is 7.15. The second kappa shape index (κ2) is 5.14. The van der Waals surface area contributed by atoms with Gasteiger partial charge in [0.25, 0.3) is 0 Å². The van der Waals surface area contributed by atoms with Gasteiger partial charge in [-0.05, 0) is 23.3 Å². The fourth-order valence-corrected chi connectivity index (χ4v) is 1.92. The lowest BCUT2D eigenvalue weighted by molar-refractivity contribution is -0.140. The minimum absolute atomic E-state index is 0.0999. The van der Waals surface area contributed by atoms with E-state index in [0.717, 1.165) is 0 Å². The highest BCUT2D eigenvalue weighted by Crippen LogP contribution is 2.37. The zero-order chi connectivity index (χ0) is 13.1. The molecule has 0 rings (SSSR count). The Kier molecular flexibility index (Phi) is 4.72. The van der Waals surface area contributed by atoms with Crippen LogP contribution >= 0.6 is 0 Å². The van der Waals surface area contributed by atoms with Gasteiger partial charge in [-0.15, -0.1) is 0 Å². The number of carboxylic acid groups (broad SMARTS) is 2. The molecule has 16 heavy (non-hydrogen) atoms. The van der Waals surface area contributed by atoms with Crippen LogP contribution in [0.15, 0.2) is 11.1 Å². The Balaban J connectivity index is 5.89. The standard InChI is InChI=1S/C12H20O4/c1-6-12(4,5)9(7(2)3)8(10(13)14)11(15)16/h7H,6H2,1-5H3,(H,13,14)(H,15,16). The highest BCUT2D eigenvalue weighted by Gasteiger charge is 2.32. The summed E-state index contributed by atoms with van der Waals surface area (Å²) in [6.45, 7) is 9.30. The average Bonchev–Trinajstić information content (AvgIpc) is 2.11. The summed E-state index contributed by atoms with van der Waals surface area (Å²) in [5, 5.41) is 18.0. The first-order valence-electron chi connectivity index (χ1n) is 5.36. The van der Waals surface area contributed by atoms with E-state index < -0.39 is 22.9 Å². The van der Waals surface area contributed by atoms with Crippen LogP contribution in [0.5, 0.6) is 0 Å². The molecule has 0 spiro atoms. The van der Waals surface area contributed by atoms with Gasteiger partial charge < -0.3 is 10.2 Å². The van der Waals surface area contributed by atoms with Crippen molar-refractivity contribution in [2.75, 3.05) is 0 Å². The molecule has 0 atom stereocenters. The minimum atomic E-state index is -1.36. The van der Waals surface area contributed by atoms with E-state index in [1.54, 1.807) is 0 Å². The van der Waals surface area contributed by atoms with Crippen molar-refractivity contribution in [3.8, 4) is 0 Å². The third-order valence-electron chi connectivity index (χ3n) is 2.89. The van der Waals surface area contributed by atoms with Crippen LogP contribution in [0.1, 0.15) is 41.0 Å². The molecule has 0 saturated heterocycles. The van der Waals surface area contributed by atoms with Gasteiger partial charge >= 0.3 is 11.9 Å². The van der Waals surface area contributed by atoms with Crippen molar-refractivity contribution in [2.45, 2.75) is 41.0 Å². The van der Waals surface area contributed by atoms with Crippen LogP contribution in [0, 0.1) is 11.3 Å². The van der Waals surface area contributed by atoms with Crippen LogP contribution in [-0.2, 0) is 9.59 Å². The van der Waals surface area contributed by atoms with E-state index in [0.29, 0.717) is 12.0 Å². The number of carbonyl (C=O) groups is 2. The van der Waals surface area contributed by atoms with E-state index in [1.807, 2.05) is 34.6 Å². The van der Waals surface area contributed by atoms with Crippen molar-refractivity contribution in [3.63, 3.8) is 0 Å². The monoisotopic (exact) mass is 228 g/mol. The topological polar surface area (TPSA) is 74.6 Å². The second-order valence-corrected chi connectivity index (χ2v) is 4.79. The SMILES string of the molecule is CCC(C)(C)C(=C(C(=O)O)C(=O)O)C(C)C. The molecule has 0 bridgehead atoms. The molecule has 0 aromatic heterocycles. The quantitative estimate of drug-likeness (QED) is 0.431. The van der Waals surface area contributed by atoms with Gasteiger partial charge in [0, 0.05) is 0 Å². The van der Waals surface area contributed by atoms with E-state index in [1.165, 1.54) is 0 Å². The number of allylic oxidation sites excluding steroid dienone is 1. The Morgan fingerprint density at radius 1 is 1.12 bits per heavy atom. The molecule has 0 radical (unpaired) electrons. The summed E-state index contributed by atoms with van der Waals surface area (Å²) in [5.74, 6) is -2.83. The maximum Gasteiger partial charge on any atom is 0.343 e. The molecule has 4 nitrogen and oxygen atoms in total. The maximum absolute atomic E-state index is 11.0. The zero-order valence-corrected chi connectivity index (χ0v) is 10.5. The van der Waals surface area contributed by atoms with Crippen molar-refractivity contribution in [2.24, 2.45) is 11.3 Å². The maximum atomic E-state index is 11.0. The van der Waals surface area contributed by atoms with Gasteiger partial charge in [0.1, 0.15) is 5.57 Å². The minimum Gasteiger partial charge on any atom is -0.477 e. The predicted molar refractivity (Wildman–Crippen MR) is 61.2 cm³/mol. The lowest BCUT2D eigenvalue weighted by atomic mass is 9.74. The molecule has 0 aromatic rings. The molecule has 0 aliphatic rings. The fourth-order valence-electron chi connectivity index (χ4n) is 1.92. The largest absolute Gasteiger partial charge is 0.477 e. The van der Waals surface area contributed by atoms with Crippen LogP contribution in [-0.4, -0.2) is 22.2 Å². The molecule has 0 aliphatic carbocycles. The third kappa shape index (κ3) is 3.08. The Bertz CT molecular complexity index is 308. The Hall–Kier alpha value is -1.32. The fraction of sp³-hybridized carbons (Fsp3) is 0.667. The summed E-state index contributed by atoms with van der Waals surface area (Å²) in [5.41, 5.74) is -0.405. The molecule has 2 N–H and O–H groups in total. The second-order valence-electron chi connectivity index (χ2n) is 4.79. The number of rotatable bonds is 5. The molecule has 0 aliphatic heterocycles. The van der Waals surface area contributed by atoms with Crippen LogP contribution in [0.3, 0.4) is 0 Å². The van der Waals surface area contributed by atoms with Crippen LogP contribution < -0.4 is 0 Å². The Morgan fingerprint density at radius 3 is 1.69 bits per heavy atom. The van der Waals surface area contributed by atoms with Crippen molar-refractivity contribution in [3.05, 3.63) is 11.1 Å². The predicted octanol–water partition coefficient (Wildman–Crippen LogP) is 2.54. The van der Waals surface area contributed by atoms with E-state index in [-0.39, 0.29) is 5.92 Å². The molecular formula is C12H20O4. The normalized spacial score (nSPS) is 11.4. The van der Waals surface area contributed by atoms with Crippen molar-refractivity contribution in [1.82, 2.24) is 0 Å². The van der Waals surface area contributed by atoms with Gasteiger partial charge in [-0.25, -0.2) is 9.59 Å². The highest BCUT2D eigenvalue weighted by molar-refractivity contribution is 6.13. The smallest absolute Gasteiger partial charge is 0.343 e. The molecule has 0 amide bonds. The van der Waals surface area contributed by atoms with Gasteiger partial charge in [-0.1, -0.05) is 34.6 Å². The van der Waals surface area contributed by atoms with E-state index >= 15 is 0 Å². The molecule has 92 valence electrons. The molecule has 0 saturated carbocycles. The summed E-state index contributed by atoms with van der Waals surface area (Å²) in [6.07, 6.45) is 0.699. The summed E-state index contributed by atoms with van der Waals surface area (Å²) >= 11 is 0. The van der Waals surface area contributed by atoms with Crippen molar-refractivity contribution < 1.29 is 19.8 Å². The van der Waals surface area contributed by atoms with Crippen molar-refractivity contribution in [1.29, 1.82) is 0 Å². The first-order valence-corrected chi connectivity index (χ1v) is 5.36. The summed E-state index contributed by atoms with van der Waals surface area (Å²) in [7, 11) is 0. The summed E-state index contributed by atoms with van der Waals surface area (Å²) in [4.78, 5) is 22.0.